The Morgan fingerprint density at radius 1 is 1.22 bits per heavy atom. The molecule has 1 aromatic carbocycles. The first kappa shape index (κ1) is 17.9. The fraction of sp³-hybridized carbons (Fsp3) is 0.684. The number of hydrogen-bond donors (Lipinski definition) is 1. The predicted molar refractivity (Wildman–Crippen MR) is 96.3 cm³/mol. The smallest absolute Gasteiger partial charge is 0.164 e. The Hall–Kier alpha value is -1.42. The summed E-state index contributed by atoms with van der Waals surface area (Å²) in [5.74, 6) is 3.21. The number of methoxy groups -OCH3 is 1. The van der Waals surface area contributed by atoms with E-state index in [0.29, 0.717) is 6.61 Å². The van der Waals surface area contributed by atoms with Gasteiger partial charge in [-0.1, -0.05) is 13.8 Å². The maximum absolute atomic E-state index is 6.00. The van der Waals surface area contributed by atoms with Gasteiger partial charge in [0.25, 0.3) is 0 Å². The molecule has 2 N–H and O–H groups in total. The highest BCUT2D eigenvalue weighted by molar-refractivity contribution is 5.57. The summed E-state index contributed by atoms with van der Waals surface area (Å²) in [6.45, 7) is 10.9. The molecule has 1 aromatic rings. The molecular weight excluding hydrogens is 288 g/mol. The van der Waals surface area contributed by atoms with Gasteiger partial charge in [-0.25, -0.2) is 0 Å². The highest BCUT2D eigenvalue weighted by Crippen LogP contribution is 2.35. The third kappa shape index (κ3) is 5.03. The second-order valence-corrected chi connectivity index (χ2v) is 6.95. The number of rotatable bonds is 7. The van der Waals surface area contributed by atoms with Crippen LogP contribution >= 0.6 is 0 Å². The molecule has 0 bridgehead atoms. The van der Waals surface area contributed by atoms with Crippen molar-refractivity contribution in [2.45, 2.75) is 40.0 Å². The molecule has 0 aromatic heterocycles. The normalized spacial score (nSPS) is 22.1. The first-order valence-electron chi connectivity index (χ1n) is 8.85. The van der Waals surface area contributed by atoms with E-state index in [9.17, 15) is 0 Å². The predicted octanol–water partition coefficient (Wildman–Crippen LogP) is 3.59. The van der Waals surface area contributed by atoms with Crippen LogP contribution in [0.3, 0.4) is 0 Å². The third-order valence-electron chi connectivity index (χ3n) is 4.53. The van der Waals surface area contributed by atoms with E-state index in [2.05, 4.69) is 18.7 Å². The number of aryl methyl sites for hydroxylation is 1. The van der Waals surface area contributed by atoms with Gasteiger partial charge in [-0.05, 0) is 50.6 Å². The van der Waals surface area contributed by atoms with Crippen LogP contribution < -0.4 is 15.2 Å². The van der Waals surface area contributed by atoms with E-state index in [1.165, 1.54) is 19.5 Å². The van der Waals surface area contributed by atoms with E-state index in [1.54, 1.807) is 7.11 Å². The Bertz CT molecular complexity index is 494. The second kappa shape index (κ2) is 8.44. The molecule has 0 spiro atoms. The first-order valence-corrected chi connectivity index (χ1v) is 8.85. The summed E-state index contributed by atoms with van der Waals surface area (Å²) in [6.07, 6.45) is 3.44. The summed E-state index contributed by atoms with van der Waals surface area (Å²) in [5.41, 5.74) is 7.90. The van der Waals surface area contributed by atoms with Crippen molar-refractivity contribution >= 4 is 5.69 Å². The van der Waals surface area contributed by atoms with Crippen LogP contribution in [0.25, 0.3) is 0 Å². The minimum Gasteiger partial charge on any atom is -0.493 e. The average Bonchev–Trinajstić information content (AvgIpc) is 2.48. The zero-order chi connectivity index (χ0) is 16.8. The van der Waals surface area contributed by atoms with Gasteiger partial charge in [0.1, 0.15) is 0 Å². The fourth-order valence-corrected chi connectivity index (χ4v) is 3.80. The maximum Gasteiger partial charge on any atom is 0.164 e. The molecule has 2 rings (SSSR count). The Labute approximate surface area is 140 Å². The number of hydrogen-bond acceptors (Lipinski definition) is 4. The van der Waals surface area contributed by atoms with Gasteiger partial charge in [0.2, 0.25) is 0 Å². The lowest BCUT2D eigenvalue weighted by molar-refractivity contribution is 0.140. The van der Waals surface area contributed by atoms with E-state index in [1.807, 2.05) is 19.1 Å². The first-order chi connectivity index (χ1) is 11.0. The third-order valence-corrected chi connectivity index (χ3v) is 4.53. The highest BCUT2D eigenvalue weighted by Gasteiger charge is 2.21. The minimum atomic E-state index is 0.633. The van der Waals surface area contributed by atoms with Crippen molar-refractivity contribution in [3.05, 3.63) is 17.7 Å². The molecule has 23 heavy (non-hydrogen) atoms. The van der Waals surface area contributed by atoms with Crippen molar-refractivity contribution in [1.29, 1.82) is 0 Å². The monoisotopic (exact) mass is 320 g/mol. The van der Waals surface area contributed by atoms with Gasteiger partial charge in [0.15, 0.2) is 11.5 Å². The molecule has 1 aliphatic heterocycles. The molecule has 4 nitrogen and oxygen atoms in total. The van der Waals surface area contributed by atoms with Crippen molar-refractivity contribution in [3.63, 3.8) is 0 Å². The Balaban J connectivity index is 1.98. The number of nitrogens with two attached hydrogens (primary N) is 1. The molecule has 1 saturated heterocycles. The van der Waals surface area contributed by atoms with Gasteiger partial charge in [0.05, 0.1) is 13.7 Å². The maximum atomic E-state index is 6.00. The Morgan fingerprint density at radius 3 is 2.52 bits per heavy atom. The lowest BCUT2D eigenvalue weighted by Crippen LogP contribution is -2.39. The molecule has 0 saturated carbocycles. The lowest BCUT2D eigenvalue weighted by atomic mass is 9.91. The highest BCUT2D eigenvalue weighted by atomic mass is 16.5. The molecule has 4 heteroatoms. The SMILES string of the molecule is CCOc1c(CCCN2CC(C)CC(C)C2)cc(N)cc1OC. The van der Waals surface area contributed by atoms with E-state index < -0.39 is 0 Å². The van der Waals surface area contributed by atoms with Crippen LogP contribution in [0, 0.1) is 11.8 Å². The van der Waals surface area contributed by atoms with Crippen LogP contribution in [0.4, 0.5) is 5.69 Å². The zero-order valence-electron chi connectivity index (χ0n) is 15.1. The molecular formula is C19H32N2O2. The number of nitrogen functional groups attached to an aromatic ring is 1. The number of anilines is 1. The molecule has 1 heterocycles. The van der Waals surface area contributed by atoms with Crippen molar-refractivity contribution in [2.24, 2.45) is 11.8 Å². The summed E-state index contributed by atoms with van der Waals surface area (Å²) in [7, 11) is 1.66. The quantitative estimate of drug-likeness (QED) is 0.780. The summed E-state index contributed by atoms with van der Waals surface area (Å²) in [6, 6.07) is 3.86. The number of likely N-dealkylation sites (tertiary alicyclic amines) is 1. The van der Waals surface area contributed by atoms with Crippen molar-refractivity contribution < 1.29 is 9.47 Å². The molecule has 2 unspecified atom stereocenters. The van der Waals surface area contributed by atoms with E-state index >= 15 is 0 Å². The summed E-state index contributed by atoms with van der Waals surface area (Å²) < 4.78 is 11.2. The van der Waals surface area contributed by atoms with Crippen LogP contribution in [-0.4, -0.2) is 38.3 Å². The molecule has 0 aliphatic carbocycles. The van der Waals surface area contributed by atoms with Gasteiger partial charge >= 0.3 is 0 Å². The fourth-order valence-electron chi connectivity index (χ4n) is 3.80. The standard InChI is InChI=1S/C19H32N2O2/c1-5-23-19-16(10-17(20)11-18(19)22-4)7-6-8-21-12-14(2)9-15(3)13-21/h10-11,14-15H,5-9,12-13,20H2,1-4H3. The molecule has 0 amide bonds. The van der Waals surface area contributed by atoms with Gasteiger partial charge in [0, 0.05) is 30.4 Å². The number of piperidine rings is 1. The van der Waals surface area contributed by atoms with Gasteiger partial charge < -0.3 is 20.1 Å². The average molecular weight is 320 g/mol. The van der Waals surface area contributed by atoms with E-state index in [-0.39, 0.29) is 0 Å². The van der Waals surface area contributed by atoms with Crippen LogP contribution in [-0.2, 0) is 6.42 Å². The molecule has 1 fully saturated rings. The minimum absolute atomic E-state index is 0.633. The van der Waals surface area contributed by atoms with Crippen LogP contribution in [0.5, 0.6) is 11.5 Å². The zero-order valence-corrected chi connectivity index (χ0v) is 15.1. The van der Waals surface area contributed by atoms with Gasteiger partial charge in [-0.2, -0.15) is 0 Å². The second-order valence-electron chi connectivity index (χ2n) is 6.95. The molecule has 2 atom stereocenters. The molecule has 130 valence electrons. The summed E-state index contributed by atoms with van der Waals surface area (Å²) >= 11 is 0. The molecule has 0 radical (unpaired) electrons. The largest absolute Gasteiger partial charge is 0.493 e. The Kier molecular flexibility index (Phi) is 6.58. The van der Waals surface area contributed by atoms with E-state index in [4.69, 9.17) is 15.2 Å². The number of benzene rings is 1. The summed E-state index contributed by atoms with van der Waals surface area (Å²) in [4.78, 5) is 2.60. The van der Waals surface area contributed by atoms with Crippen molar-refractivity contribution in [3.8, 4) is 11.5 Å². The van der Waals surface area contributed by atoms with E-state index in [0.717, 1.165) is 54.0 Å². The Morgan fingerprint density at radius 2 is 1.91 bits per heavy atom. The van der Waals surface area contributed by atoms with Crippen LogP contribution in [0.15, 0.2) is 12.1 Å². The number of nitrogens with zero attached hydrogens (tertiary/aromatic N) is 1. The topological polar surface area (TPSA) is 47.7 Å². The van der Waals surface area contributed by atoms with Gasteiger partial charge in [-0.3, -0.25) is 0 Å². The van der Waals surface area contributed by atoms with Gasteiger partial charge in [-0.15, -0.1) is 0 Å². The van der Waals surface area contributed by atoms with Crippen molar-refractivity contribution in [2.75, 3.05) is 39.1 Å². The molecule has 1 aliphatic rings. The van der Waals surface area contributed by atoms with Crippen molar-refractivity contribution in [1.82, 2.24) is 4.90 Å². The summed E-state index contributed by atoms with van der Waals surface area (Å²) in [5, 5.41) is 0. The number of ether oxygens (including phenoxy) is 2. The van der Waals surface area contributed by atoms with Crippen LogP contribution in [0.1, 0.15) is 39.2 Å². The van der Waals surface area contributed by atoms with Crippen LogP contribution in [0.2, 0.25) is 0 Å². The lowest BCUT2D eigenvalue weighted by Gasteiger charge is -2.35.